The van der Waals surface area contributed by atoms with Gasteiger partial charge in [-0.15, -0.1) is 0 Å². The highest BCUT2D eigenvalue weighted by Crippen LogP contribution is 2.38. The molecule has 0 spiro atoms. The molecule has 1 aromatic heterocycles. The molecule has 2 atom stereocenters. The van der Waals surface area contributed by atoms with Crippen LogP contribution < -0.4 is 4.90 Å². The lowest BCUT2D eigenvalue weighted by atomic mass is 9.85. The molecule has 1 aliphatic carbocycles. The number of pyridine rings is 1. The fourth-order valence-corrected chi connectivity index (χ4v) is 5.70. The monoisotopic (exact) mass is 558 g/mol. The average molecular weight is 559 g/mol. The molecular weight excluding hydrogens is 528 g/mol. The van der Waals surface area contributed by atoms with Gasteiger partial charge in [0.15, 0.2) is 12.4 Å². The Morgan fingerprint density at radius 3 is 2.19 bits per heavy atom. The molecule has 1 saturated heterocycles. The SMILES string of the molecule is Cc1ccc2nc(-c3ccc(N4C(=O)C5CC=CCC5C4=O)cc3)cc(C(=O)OCC(=O)c3ccc(C)c(C)c3)c2c1. The Bertz CT molecular complexity index is 1780. The predicted octanol–water partition coefficient (Wildman–Crippen LogP) is 6.32. The summed E-state index contributed by atoms with van der Waals surface area (Å²) in [5.74, 6) is -1.83. The average Bonchev–Trinajstić information content (AvgIpc) is 3.26. The van der Waals surface area contributed by atoms with Crippen LogP contribution in [0, 0.1) is 32.6 Å². The van der Waals surface area contributed by atoms with Crippen LogP contribution in [0.25, 0.3) is 22.2 Å². The predicted molar refractivity (Wildman–Crippen MR) is 160 cm³/mol. The summed E-state index contributed by atoms with van der Waals surface area (Å²) < 4.78 is 5.51. The summed E-state index contributed by atoms with van der Waals surface area (Å²) >= 11 is 0. The van der Waals surface area contributed by atoms with Crippen molar-refractivity contribution in [2.24, 2.45) is 11.8 Å². The largest absolute Gasteiger partial charge is 0.454 e. The smallest absolute Gasteiger partial charge is 0.339 e. The summed E-state index contributed by atoms with van der Waals surface area (Å²) in [6.07, 6.45) is 5.10. The van der Waals surface area contributed by atoms with Crippen molar-refractivity contribution < 1.29 is 23.9 Å². The number of hydrogen-bond acceptors (Lipinski definition) is 6. The summed E-state index contributed by atoms with van der Waals surface area (Å²) in [5, 5.41) is 0.628. The van der Waals surface area contributed by atoms with E-state index in [0.29, 0.717) is 51.8 Å². The van der Waals surface area contributed by atoms with Gasteiger partial charge in [-0.2, -0.15) is 0 Å². The number of carbonyl (C=O) groups excluding carboxylic acids is 4. The van der Waals surface area contributed by atoms with Gasteiger partial charge in [-0.3, -0.25) is 19.3 Å². The van der Waals surface area contributed by atoms with E-state index in [2.05, 4.69) is 0 Å². The van der Waals surface area contributed by atoms with Crippen LogP contribution in [0.1, 0.15) is 50.2 Å². The maximum atomic E-state index is 13.3. The standard InChI is InChI=1S/C35H30N2O5/c1-20-8-15-30-28(16-20)29(35(41)42-19-32(38)24-10-9-21(2)22(3)17-24)18-31(36-30)23-11-13-25(14-12-23)37-33(39)26-6-4-5-7-27(26)34(37)40/h4-5,8-18,26-27H,6-7,19H2,1-3H3. The van der Waals surface area contributed by atoms with E-state index >= 15 is 0 Å². The number of fused-ring (bicyclic) bond motifs is 2. The van der Waals surface area contributed by atoms with Crippen molar-refractivity contribution in [2.75, 3.05) is 11.5 Å². The number of rotatable bonds is 6. The van der Waals surface area contributed by atoms with E-state index in [9.17, 15) is 19.2 Å². The van der Waals surface area contributed by atoms with Crippen LogP contribution in [0.15, 0.2) is 78.9 Å². The molecule has 1 fully saturated rings. The zero-order chi connectivity index (χ0) is 29.5. The molecule has 4 aromatic rings. The molecule has 7 nitrogen and oxygen atoms in total. The van der Waals surface area contributed by atoms with Crippen molar-refractivity contribution in [3.8, 4) is 11.3 Å². The number of allylic oxidation sites excluding steroid dienone is 2. The molecule has 0 bridgehead atoms. The van der Waals surface area contributed by atoms with Gasteiger partial charge in [0.1, 0.15) is 0 Å². The molecule has 2 amide bonds. The zero-order valence-corrected chi connectivity index (χ0v) is 23.7. The summed E-state index contributed by atoms with van der Waals surface area (Å²) in [7, 11) is 0. The Hall–Kier alpha value is -4.91. The van der Waals surface area contributed by atoms with Gasteiger partial charge >= 0.3 is 5.97 Å². The van der Waals surface area contributed by atoms with Crippen LogP contribution in [0.2, 0.25) is 0 Å². The van der Waals surface area contributed by atoms with Gasteiger partial charge in [-0.05, 0) is 81.1 Å². The van der Waals surface area contributed by atoms with Crippen LogP contribution in [-0.2, 0) is 14.3 Å². The summed E-state index contributed by atoms with van der Waals surface area (Å²) in [6, 6.07) is 19.7. The summed E-state index contributed by atoms with van der Waals surface area (Å²) in [4.78, 5) is 58.2. The first-order valence-electron chi connectivity index (χ1n) is 14.0. The van der Waals surface area contributed by atoms with Crippen molar-refractivity contribution in [3.05, 3.63) is 107 Å². The number of anilines is 1. The molecule has 6 rings (SSSR count). The van der Waals surface area contributed by atoms with E-state index in [0.717, 1.165) is 16.7 Å². The first-order chi connectivity index (χ1) is 20.2. The highest BCUT2D eigenvalue weighted by molar-refractivity contribution is 6.22. The number of carbonyl (C=O) groups is 4. The second-order valence-corrected chi connectivity index (χ2v) is 11.1. The van der Waals surface area contributed by atoms with E-state index in [1.54, 1.807) is 42.5 Å². The molecule has 7 heteroatoms. The third kappa shape index (κ3) is 4.91. The molecule has 1 aliphatic heterocycles. The van der Waals surface area contributed by atoms with E-state index in [1.165, 1.54) is 4.90 Å². The van der Waals surface area contributed by atoms with Gasteiger partial charge in [0.05, 0.1) is 34.3 Å². The minimum absolute atomic E-state index is 0.165. The van der Waals surface area contributed by atoms with Crippen LogP contribution in [0.4, 0.5) is 5.69 Å². The molecule has 42 heavy (non-hydrogen) atoms. The lowest BCUT2D eigenvalue weighted by Gasteiger charge is -2.15. The van der Waals surface area contributed by atoms with Gasteiger partial charge in [0.25, 0.3) is 0 Å². The van der Waals surface area contributed by atoms with Crippen LogP contribution in [0.3, 0.4) is 0 Å². The number of aryl methyl sites for hydroxylation is 3. The number of imide groups is 1. The number of amides is 2. The molecule has 2 unspecified atom stereocenters. The van der Waals surface area contributed by atoms with Crippen LogP contribution in [0.5, 0.6) is 0 Å². The number of benzene rings is 3. The summed E-state index contributed by atoms with van der Waals surface area (Å²) in [5.41, 5.74) is 6.19. The second kappa shape index (κ2) is 10.8. The molecule has 0 saturated carbocycles. The minimum atomic E-state index is -0.618. The second-order valence-electron chi connectivity index (χ2n) is 11.1. The highest BCUT2D eigenvalue weighted by atomic mass is 16.5. The number of ether oxygens (including phenoxy) is 1. The maximum absolute atomic E-state index is 13.3. The number of hydrogen-bond donors (Lipinski definition) is 0. The fraction of sp³-hybridized carbons (Fsp3) is 0.229. The maximum Gasteiger partial charge on any atom is 0.339 e. The highest BCUT2D eigenvalue weighted by Gasteiger charge is 2.47. The Balaban J connectivity index is 1.28. The number of Topliss-reactive ketones (excluding diaryl/α,β-unsaturated/α-hetero) is 1. The van der Waals surface area contributed by atoms with Gasteiger partial charge < -0.3 is 4.74 Å². The number of ketones is 1. The molecule has 210 valence electrons. The van der Waals surface area contributed by atoms with Gasteiger partial charge in [-0.1, -0.05) is 48.0 Å². The summed E-state index contributed by atoms with van der Waals surface area (Å²) in [6.45, 7) is 5.45. The van der Waals surface area contributed by atoms with Gasteiger partial charge in [0, 0.05) is 16.5 Å². The van der Waals surface area contributed by atoms with E-state index in [-0.39, 0.29) is 36.0 Å². The van der Waals surface area contributed by atoms with E-state index < -0.39 is 5.97 Å². The number of esters is 1. The number of nitrogens with zero attached hydrogens (tertiary/aromatic N) is 2. The third-order valence-corrected chi connectivity index (χ3v) is 8.28. The third-order valence-electron chi connectivity index (χ3n) is 8.28. The fourth-order valence-electron chi connectivity index (χ4n) is 5.70. The Morgan fingerprint density at radius 2 is 1.52 bits per heavy atom. The van der Waals surface area contributed by atoms with E-state index in [1.807, 2.05) is 57.2 Å². The van der Waals surface area contributed by atoms with Crippen LogP contribution in [-0.4, -0.2) is 35.2 Å². The molecule has 2 aliphatic rings. The molecule has 0 N–H and O–H groups in total. The van der Waals surface area contributed by atoms with Gasteiger partial charge in [-0.25, -0.2) is 9.78 Å². The quantitative estimate of drug-likeness (QED) is 0.119. The van der Waals surface area contributed by atoms with Crippen molar-refractivity contribution in [1.82, 2.24) is 4.98 Å². The topological polar surface area (TPSA) is 93.6 Å². The van der Waals surface area contributed by atoms with E-state index in [4.69, 9.17) is 9.72 Å². The Kier molecular flexibility index (Phi) is 7.02. The minimum Gasteiger partial charge on any atom is -0.454 e. The molecule has 2 heterocycles. The number of aromatic nitrogens is 1. The van der Waals surface area contributed by atoms with Crippen LogP contribution >= 0.6 is 0 Å². The molecule has 0 radical (unpaired) electrons. The Labute approximate surface area is 243 Å². The first-order valence-corrected chi connectivity index (χ1v) is 14.0. The first kappa shape index (κ1) is 27.3. The lowest BCUT2D eigenvalue weighted by Crippen LogP contribution is -2.30. The van der Waals surface area contributed by atoms with Crippen molar-refractivity contribution in [3.63, 3.8) is 0 Å². The lowest BCUT2D eigenvalue weighted by molar-refractivity contribution is -0.122. The van der Waals surface area contributed by atoms with Crippen molar-refractivity contribution in [1.29, 1.82) is 0 Å². The molecular formula is C35H30N2O5. The van der Waals surface area contributed by atoms with Crippen molar-refractivity contribution >= 4 is 40.2 Å². The van der Waals surface area contributed by atoms with Crippen molar-refractivity contribution in [2.45, 2.75) is 33.6 Å². The van der Waals surface area contributed by atoms with Gasteiger partial charge in [0.2, 0.25) is 11.8 Å². The Morgan fingerprint density at radius 1 is 0.833 bits per heavy atom. The zero-order valence-electron chi connectivity index (χ0n) is 23.7. The normalized spacial score (nSPS) is 17.9. The molecule has 3 aromatic carbocycles.